The average Bonchev–Trinajstić information content (AvgIpc) is 3.06. The Balaban J connectivity index is 1.80. The Hall–Kier alpha value is -1.66. The molecule has 115 valence electrons. The number of halogens is 2. The molecular formula is C16H11BrClN4O. The molecule has 23 heavy (non-hydrogen) atoms. The molecule has 5 radical (unpaired) electrons. The van der Waals surface area contributed by atoms with E-state index in [4.69, 9.17) is 11.6 Å². The minimum absolute atomic E-state index is 0.0302. The van der Waals surface area contributed by atoms with Crippen molar-refractivity contribution < 1.29 is 0 Å². The van der Waals surface area contributed by atoms with Gasteiger partial charge in [0.05, 0.1) is 11.9 Å². The third kappa shape index (κ3) is 3.82. The maximum Gasteiger partial charge on any atom is 0.292 e. The summed E-state index contributed by atoms with van der Waals surface area (Å²) in [4.78, 5) is 12.3. The maximum absolute atomic E-state index is 12.3. The monoisotopic (exact) mass is 389 g/mol. The summed E-state index contributed by atoms with van der Waals surface area (Å²) in [5.74, 6) is 0.949. The first-order chi connectivity index (χ1) is 11.1. The lowest BCUT2D eigenvalue weighted by molar-refractivity contribution is 0.807. The van der Waals surface area contributed by atoms with Gasteiger partial charge in [-0.1, -0.05) is 27.5 Å². The van der Waals surface area contributed by atoms with Crippen molar-refractivity contribution in [3.8, 4) is 5.69 Å². The van der Waals surface area contributed by atoms with E-state index in [1.165, 1.54) is 10.9 Å². The molecule has 1 aliphatic carbocycles. The van der Waals surface area contributed by atoms with Gasteiger partial charge in [-0.2, -0.15) is 14.9 Å². The van der Waals surface area contributed by atoms with Gasteiger partial charge in [0.2, 0.25) is 0 Å². The van der Waals surface area contributed by atoms with Crippen LogP contribution in [0.1, 0.15) is 0 Å². The highest BCUT2D eigenvalue weighted by atomic mass is 79.9. The number of anilines is 1. The molecule has 0 bridgehead atoms. The van der Waals surface area contributed by atoms with Crippen molar-refractivity contribution in [2.45, 2.75) is 0 Å². The summed E-state index contributed by atoms with van der Waals surface area (Å²) < 4.78 is 2.15. The van der Waals surface area contributed by atoms with E-state index >= 15 is 0 Å². The van der Waals surface area contributed by atoms with Gasteiger partial charge in [-0.15, -0.1) is 0 Å². The van der Waals surface area contributed by atoms with Crippen LogP contribution in [0.5, 0.6) is 0 Å². The predicted octanol–water partition coefficient (Wildman–Crippen LogP) is 3.45. The fraction of sp³-hybridized carbons (Fsp3) is 0. The zero-order valence-corrected chi connectivity index (χ0v) is 14.1. The molecule has 2 aromatic rings. The van der Waals surface area contributed by atoms with Crippen LogP contribution in [0, 0.1) is 31.6 Å². The second-order valence-electron chi connectivity index (χ2n) is 4.65. The maximum atomic E-state index is 12.3. The summed E-state index contributed by atoms with van der Waals surface area (Å²) >= 11 is 9.47. The number of benzene rings is 1. The Morgan fingerprint density at radius 1 is 1.22 bits per heavy atom. The molecule has 1 aliphatic rings. The Kier molecular flexibility index (Phi) is 5.13. The van der Waals surface area contributed by atoms with Gasteiger partial charge >= 0.3 is 0 Å². The molecule has 0 spiro atoms. The normalized spacial score (nSPS) is 15.4. The topological polar surface area (TPSA) is 59.3 Å². The van der Waals surface area contributed by atoms with E-state index in [1.807, 2.05) is 37.8 Å². The Morgan fingerprint density at radius 2 is 1.91 bits per heavy atom. The van der Waals surface area contributed by atoms with Crippen molar-refractivity contribution in [2.24, 2.45) is 5.10 Å². The summed E-state index contributed by atoms with van der Waals surface area (Å²) in [5, 5.41) is 8.20. The lowest BCUT2D eigenvalue weighted by Gasteiger charge is -2.08. The van der Waals surface area contributed by atoms with Crippen molar-refractivity contribution >= 4 is 39.4 Å². The molecule has 3 rings (SSSR count). The lowest BCUT2D eigenvalue weighted by atomic mass is 10.1. The van der Waals surface area contributed by atoms with Gasteiger partial charge in [0.1, 0.15) is 10.7 Å². The SMILES string of the molecule is O=c1c(Cl)c(N/N=C/[C]2[CH][CH][CH][CH]2)cnn1-c1ccc(Br)cc1. The third-order valence-corrected chi connectivity index (χ3v) is 3.97. The van der Waals surface area contributed by atoms with Crippen LogP contribution in [-0.2, 0) is 0 Å². The van der Waals surface area contributed by atoms with E-state index in [-0.39, 0.29) is 5.02 Å². The first-order valence-electron chi connectivity index (χ1n) is 6.70. The average molecular weight is 391 g/mol. The van der Waals surface area contributed by atoms with Gasteiger partial charge in [0, 0.05) is 16.6 Å². The molecule has 0 atom stereocenters. The first-order valence-corrected chi connectivity index (χ1v) is 7.87. The fourth-order valence-corrected chi connectivity index (χ4v) is 2.36. The van der Waals surface area contributed by atoms with Crippen LogP contribution in [0.4, 0.5) is 5.69 Å². The van der Waals surface area contributed by atoms with Gasteiger partial charge in [-0.25, -0.2) is 0 Å². The zero-order chi connectivity index (χ0) is 16.2. The van der Waals surface area contributed by atoms with Crippen molar-refractivity contribution in [3.05, 3.63) is 81.9 Å². The van der Waals surface area contributed by atoms with E-state index < -0.39 is 5.56 Å². The van der Waals surface area contributed by atoms with Crippen LogP contribution < -0.4 is 11.0 Å². The molecule has 1 fully saturated rings. The zero-order valence-electron chi connectivity index (χ0n) is 11.8. The second kappa shape index (κ2) is 7.27. The third-order valence-electron chi connectivity index (χ3n) is 3.08. The minimum Gasteiger partial charge on any atom is -0.275 e. The number of hydrogen-bond acceptors (Lipinski definition) is 4. The molecule has 1 heterocycles. The van der Waals surface area contributed by atoms with Crippen molar-refractivity contribution in [1.82, 2.24) is 9.78 Å². The number of nitrogens with zero attached hydrogens (tertiary/aromatic N) is 3. The number of hydrogen-bond donors (Lipinski definition) is 1. The van der Waals surface area contributed by atoms with E-state index in [2.05, 4.69) is 31.6 Å². The molecule has 5 nitrogen and oxygen atoms in total. The minimum atomic E-state index is -0.414. The molecule has 1 aromatic carbocycles. The van der Waals surface area contributed by atoms with Crippen molar-refractivity contribution in [3.63, 3.8) is 0 Å². The van der Waals surface area contributed by atoms with E-state index in [0.717, 1.165) is 10.4 Å². The van der Waals surface area contributed by atoms with Crippen LogP contribution in [-0.4, -0.2) is 16.0 Å². The van der Waals surface area contributed by atoms with Gasteiger partial charge in [0.25, 0.3) is 5.56 Å². The second-order valence-corrected chi connectivity index (χ2v) is 5.95. The molecule has 1 aromatic heterocycles. The summed E-state index contributed by atoms with van der Waals surface area (Å²) in [6.07, 6.45) is 10.8. The Labute approximate surface area is 147 Å². The van der Waals surface area contributed by atoms with Crippen molar-refractivity contribution in [2.75, 3.05) is 5.43 Å². The smallest absolute Gasteiger partial charge is 0.275 e. The molecule has 0 unspecified atom stereocenters. The quantitative estimate of drug-likeness (QED) is 0.642. The van der Waals surface area contributed by atoms with Crippen LogP contribution in [0.15, 0.2) is 44.8 Å². The summed E-state index contributed by atoms with van der Waals surface area (Å²) in [6.45, 7) is 0. The Bertz CT molecular complexity index is 767. The number of hydrazone groups is 1. The van der Waals surface area contributed by atoms with Gasteiger partial charge in [-0.3, -0.25) is 10.2 Å². The number of aromatic nitrogens is 2. The predicted molar refractivity (Wildman–Crippen MR) is 95.1 cm³/mol. The molecule has 1 saturated carbocycles. The number of rotatable bonds is 4. The summed E-state index contributed by atoms with van der Waals surface area (Å²) in [7, 11) is 0. The lowest BCUT2D eigenvalue weighted by Crippen LogP contribution is -2.22. The number of nitrogens with one attached hydrogen (secondary N) is 1. The molecule has 0 saturated heterocycles. The molecule has 1 N–H and O–H groups in total. The highest BCUT2D eigenvalue weighted by Crippen LogP contribution is 2.21. The molecule has 7 heteroatoms. The highest BCUT2D eigenvalue weighted by Gasteiger charge is 2.15. The molecule has 0 amide bonds. The van der Waals surface area contributed by atoms with Crippen LogP contribution in [0.25, 0.3) is 5.69 Å². The van der Waals surface area contributed by atoms with Gasteiger partial charge < -0.3 is 0 Å². The van der Waals surface area contributed by atoms with Crippen molar-refractivity contribution in [1.29, 1.82) is 0 Å². The van der Waals surface area contributed by atoms with Crippen LogP contribution >= 0.6 is 27.5 Å². The largest absolute Gasteiger partial charge is 0.292 e. The first kappa shape index (κ1) is 16.2. The van der Waals surface area contributed by atoms with Gasteiger partial charge in [-0.05, 0) is 49.9 Å². The van der Waals surface area contributed by atoms with Gasteiger partial charge in [0.15, 0.2) is 0 Å². The fourth-order valence-electron chi connectivity index (χ4n) is 1.93. The standard InChI is InChI=1S/C16H11BrClN4O/c17-12-5-7-13(8-6-12)22-16(23)15(18)14(10-20-22)21-19-9-11-3-1-2-4-11/h1-10,21H/b19-9+. The molecule has 0 aliphatic heterocycles. The van der Waals surface area contributed by atoms with E-state index in [9.17, 15) is 4.79 Å². The summed E-state index contributed by atoms with van der Waals surface area (Å²) in [6, 6.07) is 7.20. The van der Waals surface area contributed by atoms with Crippen LogP contribution in [0.3, 0.4) is 0 Å². The van der Waals surface area contributed by atoms with E-state index in [1.54, 1.807) is 18.3 Å². The van der Waals surface area contributed by atoms with Crippen LogP contribution in [0.2, 0.25) is 5.02 Å². The van der Waals surface area contributed by atoms with E-state index in [0.29, 0.717) is 11.4 Å². The Morgan fingerprint density at radius 3 is 2.61 bits per heavy atom. The molecular weight excluding hydrogens is 380 g/mol. The highest BCUT2D eigenvalue weighted by molar-refractivity contribution is 9.10. The summed E-state index contributed by atoms with van der Waals surface area (Å²) in [5.41, 5.74) is 3.31.